The van der Waals surface area contributed by atoms with Gasteiger partial charge in [0.25, 0.3) is 0 Å². The predicted molar refractivity (Wildman–Crippen MR) is 95.3 cm³/mol. The molecule has 0 atom stereocenters. The van der Waals surface area contributed by atoms with E-state index < -0.39 is 0 Å². The molecule has 3 aromatic rings. The highest BCUT2D eigenvalue weighted by Gasteiger charge is 2.16. The van der Waals surface area contributed by atoms with Gasteiger partial charge in [-0.2, -0.15) is 0 Å². The molecule has 1 aromatic heterocycles. The van der Waals surface area contributed by atoms with Gasteiger partial charge in [-0.25, -0.2) is 0 Å². The molecule has 3 rings (SSSR count). The van der Waals surface area contributed by atoms with E-state index in [2.05, 4.69) is 84.1 Å². The second-order valence-electron chi connectivity index (χ2n) is 6.13. The molecule has 3 heteroatoms. The van der Waals surface area contributed by atoms with Gasteiger partial charge in [-0.1, -0.05) is 69.3 Å². The molecule has 0 fully saturated rings. The maximum atomic E-state index is 4.47. The highest BCUT2D eigenvalue weighted by molar-refractivity contribution is 5.70. The van der Waals surface area contributed by atoms with E-state index in [0.717, 1.165) is 30.2 Å². The summed E-state index contributed by atoms with van der Waals surface area (Å²) in [5, 5.41) is 8.90. The van der Waals surface area contributed by atoms with Crippen molar-refractivity contribution < 1.29 is 0 Å². The van der Waals surface area contributed by atoms with Crippen molar-refractivity contribution in [3.63, 3.8) is 0 Å². The minimum Gasteiger partial charge on any atom is -0.311 e. The minimum atomic E-state index is 0.375. The second-order valence-corrected chi connectivity index (χ2v) is 6.13. The zero-order chi connectivity index (χ0) is 16.2. The first kappa shape index (κ1) is 15.5. The van der Waals surface area contributed by atoms with Gasteiger partial charge in [0.1, 0.15) is 5.82 Å². The summed E-state index contributed by atoms with van der Waals surface area (Å²) in [4.78, 5) is 0. The van der Waals surface area contributed by atoms with Crippen molar-refractivity contribution in [1.82, 2.24) is 14.8 Å². The van der Waals surface area contributed by atoms with Crippen LogP contribution in [-0.2, 0) is 6.54 Å². The van der Waals surface area contributed by atoms with Crippen molar-refractivity contribution in [2.75, 3.05) is 0 Å². The molecular formula is C20H23N3. The van der Waals surface area contributed by atoms with E-state index in [1.807, 2.05) is 6.07 Å². The Morgan fingerprint density at radius 1 is 0.870 bits per heavy atom. The number of nitrogens with zero attached hydrogens (tertiary/aromatic N) is 3. The first-order valence-electron chi connectivity index (χ1n) is 8.29. The van der Waals surface area contributed by atoms with Crippen molar-refractivity contribution in [2.45, 2.75) is 39.7 Å². The fourth-order valence-corrected chi connectivity index (χ4v) is 2.87. The number of hydrogen-bond donors (Lipinski definition) is 0. The van der Waals surface area contributed by atoms with Crippen LogP contribution in [0.15, 0.2) is 54.6 Å². The van der Waals surface area contributed by atoms with Gasteiger partial charge in [-0.3, -0.25) is 0 Å². The standard InChI is InChI=1S/C20H23N3/c1-4-13-23-19(15(2)3)21-22-20(23)18-12-8-11-17(14-18)16-9-6-5-7-10-16/h5-12,14-15H,4,13H2,1-3H3. The maximum absolute atomic E-state index is 4.47. The summed E-state index contributed by atoms with van der Waals surface area (Å²) in [6.07, 6.45) is 1.07. The lowest BCUT2D eigenvalue weighted by Crippen LogP contribution is -2.06. The average Bonchev–Trinajstić information content (AvgIpc) is 3.00. The minimum absolute atomic E-state index is 0.375. The molecule has 0 saturated carbocycles. The largest absolute Gasteiger partial charge is 0.311 e. The third-order valence-corrected chi connectivity index (χ3v) is 3.97. The highest BCUT2D eigenvalue weighted by atomic mass is 15.3. The molecule has 0 bridgehead atoms. The molecule has 0 amide bonds. The summed E-state index contributed by atoms with van der Waals surface area (Å²) in [7, 11) is 0. The zero-order valence-electron chi connectivity index (χ0n) is 14.0. The van der Waals surface area contributed by atoms with E-state index in [1.54, 1.807) is 0 Å². The Kier molecular flexibility index (Phi) is 4.56. The van der Waals surface area contributed by atoms with Gasteiger partial charge in [0.15, 0.2) is 5.82 Å². The van der Waals surface area contributed by atoms with Crippen molar-refractivity contribution >= 4 is 0 Å². The van der Waals surface area contributed by atoms with Gasteiger partial charge >= 0.3 is 0 Å². The van der Waals surface area contributed by atoms with Crippen LogP contribution in [0.5, 0.6) is 0 Å². The molecule has 23 heavy (non-hydrogen) atoms. The van der Waals surface area contributed by atoms with Crippen LogP contribution >= 0.6 is 0 Å². The van der Waals surface area contributed by atoms with E-state index in [0.29, 0.717) is 5.92 Å². The Balaban J connectivity index is 2.06. The number of hydrogen-bond acceptors (Lipinski definition) is 2. The van der Waals surface area contributed by atoms with Gasteiger partial charge in [0.05, 0.1) is 0 Å². The molecule has 1 heterocycles. The van der Waals surface area contributed by atoms with E-state index in [9.17, 15) is 0 Å². The van der Waals surface area contributed by atoms with Crippen LogP contribution in [0.2, 0.25) is 0 Å². The lowest BCUT2D eigenvalue weighted by Gasteiger charge is -2.12. The van der Waals surface area contributed by atoms with E-state index in [4.69, 9.17) is 0 Å². The molecule has 118 valence electrons. The predicted octanol–water partition coefficient (Wildman–Crippen LogP) is 5.15. The van der Waals surface area contributed by atoms with Crippen LogP contribution in [0.4, 0.5) is 0 Å². The molecule has 0 N–H and O–H groups in total. The van der Waals surface area contributed by atoms with E-state index in [1.165, 1.54) is 11.1 Å². The van der Waals surface area contributed by atoms with Gasteiger partial charge in [-0.05, 0) is 23.6 Å². The summed E-state index contributed by atoms with van der Waals surface area (Å²) in [6, 6.07) is 19.0. The Labute approximate surface area is 138 Å². The molecule has 0 radical (unpaired) electrons. The molecule has 0 aliphatic heterocycles. The number of benzene rings is 2. The molecular weight excluding hydrogens is 282 g/mol. The summed E-state index contributed by atoms with van der Waals surface area (Å²) in [5.41, 5.74) is 3.56. The van der Waals surface area contributed by atoms with Gasteiger partial charge in [0, 0.05) is 18.0 Å². The molecule has 2 aromatic carbocycles. The molecule has 0 unspecified atom stereocenters. The fourth-order valence-electron chi connectivity index (χ4n) is 2.87. The Bertz CT molecular complexity index is 773. The topological polar surface area (TPSA) is 30.7 Å². The molecule has 0 saturated heterocycles. The average molecular weight is 305 g/mol. The van der Waals surface area contributed by atoms with Crippen molar-refractivity contribution in [1.29, 1.82) is 0 Å². The van der Waals surface area contributed by atoms with Crippen LogP contribution in [-0.4, -0.2) is 14.8 Å². The Morgan fingerprint density at radius 2 is 1.57 bits per heavy atom. The van der Waals surface area contributed by atoms with E-state index in [-0.39, 0.29) is 0 Å². The number of rotatable bonds is 5. The molecule has 0 spiro atoms. The SMILES string of the molecule is CCCn1c(-c2cccc(-c3ccccc3)c2)nnc1C(C)C. The van der Waals surface area contributed by atoms with Gasteiger partial charge < -0.3 is 4.57 Å². The first-order valence-corrected chi connectivity index (χ1v) is 8.29. The summed E-state index contributed by atoms with van der Waals surface area (Å²) >= 11 is 0. The van der Waals surface area contributed by atoms with Crippen LogP contribution in [0.25, 0.3) is 22.5 Å². The van der Waals surface area contributed by atoms with Gasteiger partial charge in [-0.15, -0.1) is 10.2 Å². The van der Waals surface area contributed by atoms with Crippen LogP contribution in [0, 0.1) is 0 Å². The monoisotopic (exact) mass is 305 g/mol. The fraction of sp³-hybridized carbons (Fsp3) is 0.300. The Hall–Kier alpha value is -2.42. The molecule has 0 aliphatic rings. The maximum Gasteiger partial charge on any atom is 0.163 e. The summed E-state index contributed by atoms with van der Waals surface area (Å²) in [6.45, 7) is 7.47. The lowest BCUT2D eigenvalue weighted by molar-refractivity contribution is 0.614. The van der Waals surface area contributed by atoms with Crippen LogP contribution in [0.3, 0.4) is 0 Å². The van der Waals surface area contributed by atoms with Crippen LogP contribution < -0.4 is 0 Å². The zero-order valence-corrected chi connectivity index (χ0v) is 14.0. The summed E-state index contributed by atoms with van der Waals surface area (Å²) in [5.74, 6) is 2.40. The molecule has 0 aliphatic carbocycles. The summed E-state index contributed by atoms with van der Waals surface area (Å²) < 4.78 is 2.26. The normalized spacial score (nSPS) is 11.1. The van der Waals surface area contributed by atoms with E-state index >= 15 is 0 Å². The smallest absolute Gasteiger partial charge is 0.163 e. The van der Waals surface area contributed by atoms with Gasteiger partial charge in [0.2, 0.25) is 0 Å². The highest BCUT2D eigenvalue weighted by Crippen LogP contribution is 2.27. The van der Waals surface area contributed by atoms with Crippen molar-refractivity contribution in [2.24, 2.45) is 0 Å². The van der Waals surface area contributed by atoms with Crippen LogP contribution in [0.1, 0.15) is 38.9 Å². The van der Waals surface area contributed by atoms with Crippen molar-refractivity contribution in [3.05, 3.63) is 60.4 Å². The quantitative estimate of drug-likeness (QED) is 0.653. The number of aromatic nitrogens is 3. The lowest BCUT2D eigenvalue weighted by atomic mass is 10.0. The third-order valence-electron chi connectivity index (χ3n) is 3.97. The molecule has 3 nitrogen and oxygen atoms in total. The first-order chi connectivity index (χ1) is 11.2. The van der Waals surface area contributed by atoms with Crippen molar-refractivity contribution in [3.8, 4) is 22.5 Å². The Morgan fingerprint density at radius 3 is 2.26 bits per heavy atom. The third kappa shape index (κ3) is 3.19. The second kappa shape index (κ2) is 6.78.